The van der Waals surface area contributed by atoms with Gasteiger partial charge in [-0.2, -0.15) is 5.10 Å². The van der Waals surface area contributed by atoms with Gasteiger partial charge >= 0.3 is 0 Å². The number of nitrogens with zero attached hydrogens (tertiary/aromatic N) is 5. The van der Waals surface area contributed by atoms with Gasteiger partial charge in [0, 0.05) is 49.7 Å². The number of aromatic nitrogens is 3. The number of thiazole rings is 1. The van der Waals surface area contributed by atoms with E-state index in [4.69, 9.17) is 21.3 Å². The molecular formula is C25H31ClN6O3S2. The van der Waals surface area contributed by atoms with Crippen molar-refractivity contribution in [1.29, 1.82) is 0 Å². The fourth-order valence-corrected chi connectivity index (χ4v) is 6.57. The molecule has 3 aromatic heterocycles. The molecule has 2 aliphatic rings. The predicted octanol–water partition coefficient (Wildman–Crippen LogP) is 3.84. The molecule has 2 aliphatic heterocycles. The Hall–Kier alpha value is -2.31. The molecule has 3 aromatic rings. The van der Waals surface area contributed by atoms with Crippen LogP contribution in [0.15, 0.2) is 23.6 Å². The van der Waals surface area contributed by atoms with Crippen LogP contribution in [0.5, 0.6) is 0 Å². The Morgan fingerprint density at radius 2 is 1.95 bits per heavy atom. The summed E-state index contributed by atoms with van der Waals surface area (Å²) >= 11 is 9.09. The van der Waals surface area contributed by atoms with Crippen molar-refractivity contribution in [3.63, 3.8) is 0 Å². The summed E-state index contributed by atoms with van der Waals surface area (Å²) in [5.41, 5.74) is 1.41. The van der Waals surface area contributed by atoms with Crippen molar-refractivity contribution in [2.45, 2.75) is 45.3 Å². The second-order valence-electron chi connectivity index (χ2n) is 9.60. The molecule has 198 valence electrons. The minimum absolute atomic E-state index is 0.0960. The van der Waals surface area contributed by atoms with Crippen LogP contribution in [0.4, 0.5) is 0 Å². The fourth-order valence-electron chi connectivity index (χ4n) is 4.65. The number of carbonyl (C=O) groups is 2. The molecule has 0 unspecified atom stereocenters. The van der Waals surface area contributed by atoms with Gasteiger partial charge in [0.05, 0.1) is 34.7 Å². The quantitative estimate of drug-likeness (QED) is 0.470. The van der Waals surface area contributed by atoms with Gasteiger partial charge in [-0.25, -0.2) is 4.98 Å². The zero-order valence-corrected chi connectivity index (χ0v) is 23.4. The minimum Gasteiger partial charge on any atom is -0.378 e. The first-order valence-electron chi connectivity index (χ1n) is 12.6. The number of morpholine rings is 1. The molecule has 2 fully saturated rings. The molecular weight excluding hydrogens is 532 g/mol. The van der Waals surface area contributed by atoms with Crippen LogP contribution >= 0.6 is 34.3 Å². The van der Waals surface area contributed by atoms with Gasteiger partial charge in [0.2, 0.25) is 0 Å². The molecule has 37 heavy (non-hydrogen) atoms. The first-order valence-corrected chi connectivity index (χ1v) is 14.6. The highest BCUT2D eigenvalue weighted by atomic mass is 35.5. The average molecular weight is 563 g/mol. The predicted molar refractivity (Wildman–Crippen MR) is 146 cm³/mol. The van der Waals surface area contributed by atoms with Crippen LogP contribution in [0.25, 0.3) is 9.88 Å². The van der Waals surface area contributed by atoms with Crippen molar-refractivity contribution in [2.75, 3.05) is 39.4 Å². The van der Waals surface area contributed by atoms with Crippen molar-refractivity contribution in [2.24, 2.45) is 0 Å². The number of halogens is 1. The van der Waals surface area contributed by atoms with Crippen molar-refractivity contribution in [1.82, 2.24) is 29.9 Å². The van der Waals surface area contributed by atoms with E-state index < -0.39 is 0 Å². The number of hydrogen-bond donors (Lipinski definition) is 1. The van der Waals surface area contributed by atoms with Gasteiger partial charge in [-0.3, -0.25) is 14.3 Å². The molecule has 0 aliphatic carbocycles. The van der Waals surface area contributed by atoms with E-state index in [1.807, 2.05) is 17.5 Å². The van der Waals surface area contributed by atoms with Gasteiger partial charge in [-0.1, -0.05) is 11.6 Å². The third-order valence-corrected chi connectivity index (χ3v) is 9.06. The SMILES string of the molecule is CC(C)N1CCC(NC(=O)c2cc(C(=O)N3CCOCC3)nn2Cc2csc(-c3ccc(Cl)s3)n2)CC1. The Morgan fingerprint density at radius 1 is 1.19 bits per heavy atom. The fraction of sp³-hybridized carbons (Fsp3) is 0.520. The number of rotatable bonds is 7. The van der Waals surface area contributed by atoms with Crippen LogP contribution in [0.1, 0.15) is 53.4 Å². The lowest BCUT2D eigenvalue weighted by atomic mass is 10.0. The summed E-state index contributed by atoms with van der Waals surface area (Å²) in [6, 6.07) is 6.02. The molecule has 2 amide bonds. The highest BCUT2D eigenvalue weighted by Gasteiger charge is 2.27. The van der Waals surface area contributed by atoms with E-state index in [2.05, 4.69) is 29.2 Å². The largest absolute Gasteiger partial charge is 0.378 e. The molecule has 2 saturated heterocycles. The Morgan fingerprint density at radius 3 is 2.62 bits per heavy atom. The molecule has 9 nitrogen and oxygen atoms in total. The van der Waals surface area contributed by atoms with Crippen molar-refractivity contribution in [3.8, 4) is 9.88 Å². The monoisotopic (exact) mass is 562 g/mol. The van der Waals surface area contributed by atoms with Crippen LogP contribution in [0, 0.1) is 0 Å². The third kappa shape index (κ3) is 6.23. The smallest absolute Gasteiger partial charge is 0.274 e. The molecule has 1 N–H and O–H groups in total. The average Bonchev–Trinajstić information content (AvgIpc) is 3.65. The van der Waals surface area contributed by atoms with E-state index in [0.717, 1.165) is 41.5 Å². The van der Waals surface area contributed by atoms with E-state index in [1.165, 1.54) is 22.7 Å². The van der Waals surface area contributed by atoms with Crippen LogP contribution in [-0.4, -0.2) is 87.9 Å². The molecule has 5 rings (SSSR count). The van der Waals surface area contributed by atoms with Gasteiger partial charge in [0.1, 0.15) is 10.7 Å². The molecule has 0 spiro atoms. The topological polar surface area (TPSA) is 92.6 Å². The van der Waals surface area contributed by atoms with E-state index in [0.29, 0.717) is 48.9 Å². The number of likely N-dealkylation sites (tertiary alicyclic amines) is 1. The number of ether oxygens (including phenoxy) is 1. The van der Waals surface area contributed by atoms with Gasteiger partial charge in [-0.15, -0.1) is 22.7 Å². The molecule has 12 heteroatoms. The van der Waals surface area contributed by atoms with Gasteiger partial charge in [0.25, 0.3) is 11.8 Å². The number of thiophene rings is 1. The number of hydrogen-bond acceptors (Lipinski definition) is 8. The molecule has 5 heterocycles. The zero-order chi connectivity index (χ0) is 25.9. The van der Waals surface area contributed by atoms with E-state index in [1.54, 1.807) is 15.6 Å². The molecule has 0 atom stereocenters. The first kappa shape index (κ1) is 26.3. The number of amides is 2. The Balaban J connectivity index is 1.35. The van der Waals surface area contributed by atoms with Crippen LogP contribution < -0.4 is 5.32 Å². The Kier molecular flexibility index (Phi) is 8.25. The summed E-state index contributed by atoms with van der Waals surface area (Å²) in [5, 5.41) is 10.6. The maximum absolute atomic E-state index is 13.4. The third-order valence-electron chi connectivity index (χ3n) is 6.77. The lowest BCUT2D eigenvalue weighted by molar-refractivity contribution is 0.0298. The van der Waals surface area contributed by atoms with E-state index in [9.17, 15) is 9.59 Å². The summed E-state index contributed by atoms with van der Waals surface area (Å²) in [7, 11) is 0. The van der Waals surface area contributed by atoms with E-state index in [-0.39, 0.29) is 23.6 Å². The highest BCUT2D eigenvalue weighted by Crippen LogP contribution is 2.33. The maximum Gasteiger partial charge on any atom is 0.274 e. The number of nitrogens with one attached hydrogen (secondary N) is 1. The van der Waals surface area contributed by atoms with E-state index >= 15 is 0 Å². The lowest BCUT2D eigenvalue weighted by Crippen LogP contribution is -2.46. The van der Waals surface area contributed by atoms with Crippen LogP contribution in [0.2, 0.25) is 4.34 Å². The van der Waals surface area contributed by atoms with Crippen molar-refractivity contribution in [3.05, 3.63) is 45.0 Å². The minimum atomic E-state index is -0.211. The number of carbonyl (C=O) groups excluding carboxylic acids is 2. The van der Waals surface area contributed by atoms with Crippen LogP contribution in [0.3, 0.4) is 0 Å². The maximum atomic E-state index is 13.4. The molecule has 0 saturated carbocycles. The Labute approximate surface area is 229 Å². The summed E-state index contributed by atoms with van der Waals surface area (Å²) < 4.78 is 7.69. The van der Waals surface area contributed by atoms with Crippen LogP contribution in [-0.2, 0) is 11.3 Å². The zero-order valence-electron chi connectivity index (χ0n) is 21.0. The Bertz CT molecular complexity index is 1240. The second-order valence-corrected chi connectivity index (χ2v) is 12.2. The van der Waals surface area contributed by atoms with Gasteiger partial charge in [-0.05, 0) is 38.8 Å². The second kappa shape index (κ2) is 11.6. The number of piperidine rings is 1. The normalized spacial score (nSPS) is 17.5. The van der Waals surface area contributed by atoms with Gasteiger partial charge < -0.3 is 19.9 Å². The van der Waals surface area contributed by atoms with Crippen molar-refractivity contribution >= 4 is 46.1 Å². The molecule has 0 radical (unpaired) electrons. The summed E-state index contributed by atoms with van der Waals surface area (Å²) in [6.45, 7) is 8.63. The standard InChI is InChI=1S/C25H31ClN6O3S2/c1-16(2)30-7-5-17(6-8-30)27-23(33)20-13-19(25(34)31-9-11-35-12-10-31)29-32(20)14-18-15-36-24(28-18)21-3-4-22(26)37-21/h3-4,13,15-17H,5-12,14H2,1-2H3,(H,27,33). The highest BCUT2D eigenvalue weighted by molar-refractivity contribution is 7.23. The van der Waals surface area contributed by atoms with Crippen molar-refractivity contribution < 1.29 is 14.3 Å². The molecule has 0 bridgehead atoms. The first-order chi connectivity index (χ1) is 17.9. The summed E-state index contributed by atoms with van der Waals surface area (Å²) in [4.78, 5) is 36.5. The summed E-state index contributed by atoms with van der Waals surface area (Å²) in [5.74, 6) is -0.398. The molecule has 0 aromatic carbocycles. The summed E-state index contributed by atoms with van der Waals surface area (Å²) in [6.07, 6.45) is 1.80. The lowest BCUT2D eigenvalue weighted by Gasteiger charge is -2.34. The van der Waals surface area contributed by atoms with Gasteiger partial charge in [0.15, 0.2) is 5.69 Å².